The predicted molar refractivity (Wildman–Crippen MR) is 113 cm³/mol. The molecule has 0 spiro atoms. The van der Waals surface area contributed by atoms with Crippen LogP contribution in [0.3, 0.4) is 0 Å². The third-order valence-corrected chi connectivity index (χ3v) is 5.27. The number of nitrogens with zero attached hydrogens (tertiary/aromatic N) is 1. The van der Waals surface area contributed by atoms with Gasteiger partial charge in [0.1, 0.15) is 5.75 Å². The zero-order chi connectivity index (χ0) is 19.4. The SMILES string of the molecule is CCCc1ccc(OCC(=O)Nc2nc3ccc(C(C)(C)C)cc3s2)cc1. The summed E-state index contributed by atoms with van der Waals surface area (Å²) in [6, 6.07) is 14.1. The third kappa shape index (κ3) is 5.07. The fourth-order valence-corrected chi connectivity index (χ4v) is 3.71. The Morgan fingerprint density at radius 2 is 1.89 bits per heavy atom. The number of hydrogen-bond acceptors (Lipinski definition) is 4. The van der Waals surface area contributed by atoms with Crippen LogP contribution in [0.5, 0.6) is 5.75 Å². The molecule has 0 saturated heterocycles. The van der Waals surface area contributed by atoms with Crippen LogP contribution in [0, 0.1) is 0 Å². The normalized spacial score (nSPS) is 11.6. The van der Waals surface area contributed by atoms with Gasteiger partial charge >= 0.3 is 0 Å². The number of carbonyl (C=O) groups excluding carboxylic acids is 1. The molecule has 1 aromatic heterocycles. The van der Waals surface area contributed by atoms with Gasteiger partial charge in [-0.05, 0) is 47.2 Å². The van der Waals surface area contributed by atoms with Crippen LogP contribution in [0.4, 0.5) is 5.13 Å². The molecule has 0 saturated carbocycles. The fourth-order valence-electron chi connectivity index (χ4n) is 2.79. The fraction of sp³-hybridized carbons (Fsp3) is 0.364. The van der Waals surface area contributed by atoms with Crippen LogP contribution in [0.25, 0.3) is 10.2 Å². The van der Waals surface area contributed by atoms with Crippen molar-refractivity contribution >= 4 is 32.6 Å². The van der Waals surface area contributed by atoms with E-state index in [4.69, 9.17) is 4.74 Å². The van der Waals surface area contributed by atoms with Gasteiger partial charge in [0.15, 0.2) is 11.7 Å². The molecule has 1 N–H and O–H groups in total. The lowest BCUT2D eigenvalue weighted by Gasteiger charge is -2.18. The maximum Gasteiger partial charge on any atom is 0.264 e. The van der Waals surface area contributed by atoms with Gasteiger partial charge in [0.25, 0.3) is 5.91 Å². The molecule has 0 atom stereocenters. The summed E-state index contributed by atoms with van der Waals surface area (Å²) >= 11 is 1.49. The molecule has 0 fully saturated rings. The summed E-state index contributed by atoms with van der Waals surface area (Å²) in [5, 5.41) is 3.43. The summed E-state index contributed by atoms with van der Waals surface area (Å²) in [6.07, 6.45) is 2.16. The van der Waals surface area contributed by atoms with E-state index in [2.05, 4.69) is 50.1 Å². The van der Waals surface area contributed by atoms with Crippen LogP contribution in [0.2, 0.25) is 0 Å². The highest BCUT2D eigenvalue weighted by atomic mass is 32.1. The van der Waals surface area contributed by atoms with E-state index in [9.17, 15) is 4.79 Å². The minimum atomic E-state index is -0.206. The Bertz CT molecular complexity index is 924. The molecule has 27 heavy (non-hydrogen) atoms. The van der Waals surface area contributed by atoms with Gasteiger partial charge in [0, 0.05) is 0 Å². The molecule has 0 unspecified atom stereocenters. The summed E-state index contributed by atoms with van der Waals surface area (Å²) in [4.78, 5) is 16.7. The van der Waals surface area contributed by atoms with Gasteiger partial charge in [-0.15, -0.1) is 0 Å². The zero-order valence-electron chi connectivity index (χ0n) is 16.3. The lowest BCUT2D eigenvalue weighted by molar-refractivity contribution is -0.118. The first-order valence-electron chi connectivity index (χ1n) is 9.28. The van der Waals surface area contributed by atoms with Gasteiger partial charge in [-0.25, -0.2) is 4.98 Å². The number of amides is 1. The van der Waals surface area contributed by atoms with E-state index < -0.39 is 0 Å². The molecular formula is C22H26N2O2S. The minimum Gasteiger partial charge on any atom is -0.484 e. The topological polar surface area (TPSA) is 51.2 Å². The van der Waals surface area contributed by atoms with Crippen LogP contribution in [0.1, 0.15) is 45.2 Å². The van der Waals surface area contributed by atoms with Crippen LogP contribution < -0.4 is 10.1 Å². The standard InChI is InChI=1S/C22H26N2O2S/c1-5-6-15-7-10-17(11-8-15)26-14-20(25)24-21-23-18-12-9-16(22(2,3)4)13-19(18)27-21/h7-13H,5-6,14H2,1-4H3,(H,23,24,25). The summed E-state index contributed by atoms with van der Waals surface area (Å²) in [5.74, 6) is 0.492. The smallest absolute Gasteiger partial charge is 0.264 e. The van der Waals surface area contributed by atoms with Crippen LogP contribution in [-0.4, -0.2) is 17.5 Å². The van der Waals surface area contributed by atoms with Gasteiger partial charge < -0.3 is 4.74 Å². The average Bonchev–Trinajstić information content (AvgIpc) is 3.02. The number of ether oxygens (including phenoxy) is 1. The molecule has 3 rings (SSSR count). The van der Waals surface area contributed by atoms with Crippen molar-refractivity contribution in [1.82, 2.24) is 4.98 Å². The summed E-state index contributed by atoms with van der Waals surface area (Å²) in [6.45, 7) is 8.68. The van der Waals surface area contributed by atoms with E-state index in [1.807, 2.05) is 30.3 Å². The number of aromatic nitrogens is 1. The van der Waals surface area contributed by atoms with Crippen LogP contribution in [0.15, 0.2) is 42.5 Å². The largest absolute Gasteiger partial charge is 0.484 e. The molecule has 0 aliphatic carbocycles. The average molecular weight is 383 g/mol. The maximum atomic E-state index is 12.2. The molecule has 0 bridgehead atoms. The van der Waals surface area contributed by atoms with E-state index in [1.54, 1.807) is 0 Å². The van der Waals surface area contributed by atoms with E-state index in [0.29, 0.717) is 10.9 Å². The second kappa shape index (κ2) is 8.09. The number of anilines is 1. The molecule has 4 nitrogen and oxygen atoms in total. The van der Waals surface area contributed by atoms with E-state index in [-0.39, 0.29) is 17.9 Å². The molecule has 0 aliphatic heterocycles. The Morgan fingerprint density at radius 3 is 2.56 bits per heavy atom. The van der Waals surface area contributed by atoms with Crippen molar-refractivity contribution in [3.05, 3.63) is 53.6 Å². The summed E-state index contributed by atoms with van der Waals surface area (Å²) in [7, 11) is 0. The molecule has 2 aromatic carbocycles. The third-order valence-electron chi connectivity index (χ3n) is 4.33. The number of benzene rings is 2. The lowest BCUT2D eigenvalue weighted by Crippen LogP contribution is -2.19. The quantitative estimate of drug-likeness (QED) is 0.607. The number of rotatable bonds is 6. The molecular weight excluding hydrogens is 356 g/mol. The molecule has 3 aromatic rings. The highest BCUT2D eigenvalue weighted by Gasteiger charge is 2.15. The maximum absolute atomic E-state index is 12.2. The molecule has 142 valence electrons. The molecule has 0 aliphatic rings. The monoisotopic (exact) mass is 382 g/mol. The van der Waals surface area contributed by atoms with Crippen molar-refractivity contribution in [1.29, 1.82) is 0 Å². The molecule has 0 radical (unpaired) electrons. The highest BCUT2D eigenvalue weighted by Crippen LogP contribution is 2.31. The number of fused-ring (bicyclic) bond motifs is 1. The number of hydrogen-bond donors (Lipinski definition) is 1. The van der Waals surface area contributed by atoms with Gasteiger partial charge in [-0.2, -0.15) is 0 Å². The van der Waals surface area contributed by atoms with Crippen LogP contribution >= 0.6 is 11.3 Å². The van der Waals surface area contributed by atoms with Gasteiger partial charge in [0.05, 0.1) is 10.2 Å². The Balaban J connectivity index is 1.60. The predicted octanol–water partition coefficient (Wildman–Crippen LogP) is 5.56. The molecule has 5 heteroatoms. The second-order valence-electron chi connectivity index (χ2n) is 7.68. The van der Waals surface area contributed by atoms with E-state index in [1.165, 1.54) is 22.5 Å². The summed E-state index contributed by atoms with van der Waals surface area (Å²) < 4.78 is 6.65. The van der Waals surface area contributed by atoms with Crippen molar-refractivity contribution in [2.75, 3.05) is 11.9 Å². The number of thiazole rings is 1. The number of carbonyl (C=O) groups is 1. The minimum absolute atomic E-state index is 0.0315. The van der Waals surface area contributed by atoms with Crippen LogP contribution in [-0.2, 0) is 16.6 Å². The zero-order valence-corrected chi connectivity index (χ0v) is 17.2. The highest BCUT2D eigenvalue weighted by molar-refractivity contribution is 7.22. The van der Waals surface area contributed by atoms with E-state index in [0.717, 1.165) is 23.1 Å². The van der Waals surface area contributed by atoms with Gasteiger partial charge in [0.2, 0.25) is 0 Å². The van der Waals surface area contributed by atoms with Crippen molar-refractivity contribution in [3.63, 3.8) is 0 Å². The Labute approximate surface area is 164 Å². The lowest BCUT2D eigenvalue weighted by atomic mass is 9.87. The Kier molecular flexibility index (Phi) is 5.80. The Morgan fingerprint density at radius 1 is 1.15 bits per heavy atom. The Hall–Kier alpha value is -2.40. The number of aryl methyl sites for hydroxylation is 1. The van der Waals surface area contributed by atoms with Crippen molar-refractivity contribution < 1.29 is 9.53 Å². The second-order valence-corrected chi connectivity index (χ2v) is 8.71. The molecule has 1 amide bonds. The van der Waals surface area contributed by atoms with Crippen molar-refractivity contribution in [2.24, 2.45) is 0 Å². The first-order valence-corrected chi connectivity index (χ1v) is 10.1. The van der Waals surface area contributed by atoms with E-state index >= 15 is 0 Å². The first kappa shape index (κ1) is 19.4. The van der Waals surface area contributed by atoms with Gasteiger partial charge in [-0.3, -0.25) is 10.1 Å². The van der Waals surface area contributed by atoms with Crippen molar-refractivity contribution in [2.45, 2.75) is 46.0 Å². The molecule has 1 heterocycles. The first-order chi connectivity index (χ1) is 12.8. The summed E-state index contributed by atoms with van der Waals surface area (Å²) in [5.41, 5.74) is 3.52. The number of nitrogens with one attached hydrogen (secondary N) is 1. The van der Waals surface area contributed by atoms with Crippen molar-refractivity contribution in [3.8, 4) is 5.75 Å². The van der Waals surface area contributed by atoms with Gasteiger partial charge in [-0.1, -0.05) is 63.7 Å².